The molecule has 0 saturated heterocycles. The summed E-state index contributed by atoms with van der Waals surface area (Å²) in [6.45, 7) is 0.0607. The average Bonchev–Trinajstić information content (AvgIpc) is 3.09. The predicted octanol–water partition coefficient (Wildman–Crippen LogP) is 1.18. The number of carbonyl (C=O) groups is 1. The Kier molecular flexibility index (Phi) is 3.38. The highest BCUT2D eigenvalue weighted by atomic mass is 19.1. The maximum Gasteiger partial charge on any atom is 0.223 e. The predicted molar refractivity (Wildman–Crippen MR) is 57.3 cm³/mol. The molecule has 1 aliphatic rings. The Labute approximate surface area is 97.5 Å². The van der Waals surface area contributed by atoms with Gasteiger partial charge in [0.05, 0.1) is 6.61 Å². The molecule has 0 aromatic heterocycles. The molecule has 0 heterocycles. The molecular formula is C12H13F2NO2. The van der Waals surface area contributed by atoms with Crippen LogP contribution in [0.15, 0.2) is 18.2 Å². The molecular weight excluding hydrogens is 228 g/mol. The van der Waals surface area contributed by atoms with Crippen molar-refractivity contribution in [3.8, 4) is 0 Å². The number of aliphatic hydroxyl groups is 1. The van der Waals surface area contributed by atoms with E-state index in [1.165, 1.54) is 0 Å². The van der Waals surface area contributed by atoms with Crippen molar-refractivity contribution >= 4 is 5.91 Å². The van der Waals surface area contributed by atoms with Crippen LogP contribution in [0.4, 0.5) is 8.78 Å². The summed E-state index contributed by atoms with van der Waals surface area (Å²) in [5.41, 5.74) is 0.258. The lowest BCUT2D eigenvalue weighted by Crippen LogP contribution is -2.28. The van der Waals surface area contributed by atoms with Crippen LogP contribution in [0.3, 0.4) is 0 Å². The Morgan fingerprint density at radius 3 is 2.94 bits per heavy atom. The van der Waals surface area contributed by atoms with Crippen LogP contribution in [0, 0.1) is 17.6 Å². The summed E-state index contributed by atoms with van der Waals surface area (Å²) in [6, 6.07) is 3.27. The van der Waals surface area contributed by atoms with E-state index >= 15 is 0 Å². The number of rotatable bonds is 4. The SMILES string of the molecule is O=C(NCCO)C1CC1c1cc(F)ccc1F. The van der Waals surface area contributed by atoms with Gasteiger partial charge in [-0.2, -0.15) is 0 Å². The van der Waals surface area contributed by atoms with Crippen LogP contribution in [0.5, 0.6) is 0 Å². The number of halogens is 2. The van der Waals surface area contributed by atoms with Crippen molar-refractivity contribution in [2.75, 3.05) is 13.2 Å². The molecule has 3 nitrogen and oxygen atoms in total. The van der Waals surface area contributed by atoms with Gasteiger partial charge in [-0.3, -0.25) is 4.79 Å². The van der Waals surface area contributed by atoms with Crippen molar-refractivity contribution in [2.24, 2.45) is 5.92 Å². The van der Waals surface area contributed by atoms with E-state index in [9.17, 15) is 13.6 Å². The second-order valence-electron chi connectivity index (χ2n) is 4.13. The van der Waals surface area contributed by atoms with E-state index in [-0.39, 0.29) is 36.5 Å². The first-order valence-electron chi connectivity index (χ1n) is 5.47. The molecule has 2 atom stereocenters. The Hall–Kier alpha value is -1.49. The zero-order valence-electron chi connectivity index (χ0n) is 9.12. The summed E-state index contributed by atoms with van der Waals surface area (Å²) in [7, 11) is 0. The Morgan fingerprint density at radius 2 is 2.24 bits per heavy atom. The summed E-state index contributed by atoms with van der Waals surface area (Å²) in [4.78, 5) is 11.5. The van der Waals surface area contributed by atoms with E-state index in [0.29, 0.717) is 6.42 Å². The third kappa shape index (κ3) is 2.61. The van der Waals surface area contributed by atoms with Crippen LogP contribution < -0.4 is 5.32 Å². The minimum absolute atomic E-state index is 0.128. The van der Waals surface area contributed by atoms with Crippen LogP contribution in [-0.2, 0) is 4.79 Å². The van der Waals surface area contributed by atoms with Crippen molar-refractivity contribution in [1.29, 1.82) is 0 Å². The molecule has 17 heavy (non-hydrogen) atoms. The largest absolute Gasteiger partial charge is 0.395 e. The number of carbonyl (C=O) groups excluding carboxylic acids is 1. The van der Waals surface area contributed by atoms with Gasteiger partial charge < -0.3 is 10.4 Å². The van der Waals surface area contributed by atoms with Crippen molar-refractivity contribution < 1.29 is 18.7 Å². The van der Waals surface area contributed by atoms with E-state index in [4.69, 9.17) is 5.11 Å². The summed E-state index contributed by atoms with van der Waals surface area (Å²) in [5, 5.41) is 11.1. The quantitative estimate of drug-likeness (QED) is 0.831. The molecule has 1 fully saturated rings. The molecule has 2 unspecified atom stereocenters. The summed E-state index contributed by atoms with van der Waals surface area (Å²) in [5.74, 6) is -1.74. The topological polar surface area (TPSA) is 49.3 Å². The maximum absolute atomic E-state index is 13.4. The Balaban J connectivity index is 2.02. The van der Waals surface area contributed by atoms with Gasteiger partial charge in [0.2, 0.25) is 5.91 Å². The molecule has 5 heteroatoms. The van der Waals surface area contributed by atoms with Crippen LogP contribution in [0.1, 0.15) is 17.9 Å². The van der Waals surface area contributed by atoms with Crippen LogP contribution in [0.2, 0.25) is 0 Å². The molecule has 0 spiro atoms. The molecule has 0 radical (unpaired) electrons. The highest BCUT2D eigenvalue weighted by Crippen LogP contribution is 2.48. The average molecular weight is 241 g/mol. The number of aliphatic hydroxyl groups excluding tert-OH is 1. The smallest absolute Gasteiger partial charge is 0.223 e. The first-order chi connectivity index (χ1) is 8.13. The van der Waals surface area contributed by atoms with E-state index in [1.807, 2.05) is 0 Å². The first kappa shape index (κ1) is 12.0. The molecule has 0 bridgehead atoms. The minimum Gasteiger partial charge on any atom is -0.395 e. The van der Waals surface area contributed by atoms with Gasteiger partial charge in [-0.15, -0.1) is 0 Å². The Morgan fingerprint density at radius 1 is 1.47 bits per heavy atom. The fourth-order valence-electron chi connectivity index (χ4n) is 1.94. The lowest BCUT2D eigenvalue weighted by molar-refractivity contribution is -0.122. The molecule has 1 aromatic rings. The molecule has 1 aliphatic carbocycles. The van der Waals surface area contributed by atoms with Gasteiger partial charge in [0, 0.05) is 12.5 Å². The molecule has 92 valence electrons. The Bertz CT molecular complexity index is 437. The van der Waals surface area contributed by atoms with Crippen molar-refractivity contribution in [3.63, 3.8) is 0 Å². The van der Waals surface area contributed by atoms with E-state index < -0.39 is 11.6 Å². The zero-order chi connectivity index (χ0) is 12.4. The van der Waals surface area contributed by atoms with Gasteiger partial charge >= 0.3 is 0 Å². The molecule has 1 amide bonds. The highest BCUT2D eigenvalue weighted by molar-refractivity contribution is 5.82. The van der Waals surface area contributed by atoms with Crippen LogP contribution in [0.25, 0.3) is 0 Å². The number of hydrogen-bond donors (Lipinski definition) is 2. The number of nitrogens with one attached hydrogen (secondary N) is 1. The van der Waals surface area contributed by atoms with Crippen molar-refractivity contribution in [1.82, 2.24) is 5.32 Å². The lowest BCUT2D eigenvalue weighted by atomic mass is 10.1. The van der Waals surface area contributed by atoms with E-state index in [0.717, 1.165) is 18.2 Å². The highest BCUT2D eigenvalue weighted by Gasteiger charge is 2.45. The standard InChI is InChI=1S/C12H13F2NO2/c13-7-1-2-11(14)9(5-7)8-6-10(8)12(17)15-3-4-16/h1-2,5,8,10,16H,3-4,6H2,(H,15,17). The van der Waals surface area contributed by atoms with Crippen LogP contribution >= 0.6 is 0 Å². The normalized spacial score (nSPS) is 22.3. The van der Waals surface area contributed by atoms with Crippen molar-refractivity contribution in [3.05, 3.63) is 35.4 Å². The zero-order valence-corrected chi connectivity index (χ0v) is 9.12. The fourth-order valence-corrected chi connectivity index (χ4v) is 1.94. The summed E-state index contributed by atoms with van der Waals surface area (Å²) >= 11 is 0. The molecule has 2 N–H and O–H groups in total. The van der Waals surface area contributed by atoms with E-state index in [2.05, 4.69) is 5.32 Å². The molecule has 1 aromatic carbocycles. The molecule has 1 saturated carbocycles. The monoisotopic (exact) mass is 241 g/mol. The van der Waals surface area contributed by atoms with Crippen molar-refractivity contribution in [2.45, 2.75) is 12.3 Å². The van der Waals surface area contributed by atoms with Gasteiger partial charge in [0.15, 0.2) is 0 Å². The molecule has 0 aliphatic heterocycles. The second kappa shape index (κ2) is 4.79. The summed E-state index contributed by atoms with van der Waals surface area (Å²) in [6.07, 6.45) is 0.525. The van der Waals surface area contributed by atoms with Gasteiger partial charge in [0.25, 0.3) is 0 Å². The molecule has 2 rings (SSSR count). The summed E-state index contributed by atoms with van der Waals surface area (Å²) < 4.78 is 26.4. The van der Waals surface area contributed by atoms with Gasteiger partial charge in [0.1, 0.15) is 11.6 Å². The minimum atomic E-state index is -0.497. The number of benzene rings is 1. The third-order valence-corrected chi connectivity index (χ3v) is 2.90. The van der Waals surface area contributed by atoms with Crippen LogP contribution in [-0.4, -0.2) is 24.2 Å². The first-order valence-corrected chi connectivity index (χ1v) is 5.47. The maximum atomic E-state index is 13.4. The number of amides is 1. The van der Waals surface area contributed by atoms with E-state index in [1.54, 1.807) is 0 Å². The third-order valence-electron chi connectivity index (χ3n) is 2.90. The fraction of sp³-hybridized carbons (Fsp3) is 0.417. The van der Waals surface area contributed by atoms with Gasteiger partial charge in [-0.1, -0.05) is 0 Å². The second-order valence-corrected chi connectivity index (χ2v) is 4.13. The number of hydrogen-bond acceptors (Lipinski definition) is 2. The van der Waals surface area contributed by atoms with Gasteiger partial charge in [-0.25, -0.2) is 8.78 Å². The van der Waals surface area contributed by atoms with Gasteiger partial charge in [-0.05, 0) is 36.1 Å². The lowest BCUT2D eigenvalue weighted by Gasteiger charge is -2.04.